The van der Waals surface area contributed by atoms with E-state index in [1.54, 1.807) is 0 Å². The van der Waals surface area contributed by atoms with E-state index in [4.69, 9.17) is 0 Å². The van der Waals surface area contributed by atoms with Crippen LogP contribution in [0.3, 0.4) is 0 Å². The van der Waals surface area contributed by atoms with E-state index in [-0.39, 0.29) is 0 Å². The molecule has 2 aliphatic rings. The summed E-state index contributed by atoms with van der Waals surface area (Å²) >= 11 is 0. The largest absolute Gasteiger partial charge is 0.0619 e. The summed E-state index contributed by atoms with van der Waals surface area (Å²) in [4.78, 5) is 0. The van der Waals surface area contributed by atoms with E-state index in [9.17, 15) is 0 Å². The van der Waals surface area contributed by atoms with Crippen molar-refractivity contribution in [1.82, 2.24) is 0 Å². The highest BCUT2D eigenvalue weighted by molar-refractivity contribution is 6.31. The number of fused-ring (bicyclic) bond motifs is 4. The van der Waals surface area contributed by atoms with Crippen LogP contribution in [0.25, 0.3) is 43.5 Å². The van der Waals surface area contributed by atoms with Gasteiger partial charge in [0.2, 0.25) is 0 Å². The van der Waals surface area contributed by atoms with Crippen LogP contribution >= 0.6 is 0 Å². The van der Waals surface area contributed by atoms with E-state index >= 15 is 0 Å². The zero-order valence-corrected chi connectivity index (χ0v) is 13.6. The maximum atomic E-state index is 2.43. The summed E-state index contributed by atoms with van der Waals surface area (Å²) in [5, 5.41) is 8.42. The summed E-state index contributed by atoms with van der Waals surface area (Å²) < 4.78 is 0. The lowest BCUT2D eigenvalue weighted by molar-refractivity contribution is 1.32. The summed E-state index contributed by atoms with van der Waals surface area (Å²) in [7, 11) is 0. The minimum atomic E-state index is 1.06. The number of hydrogen-bond acceptors (Lipinski definition) is 0. The first kappa shape index (κ1) is 12.3. The lowest BCUT2D eigenvalue weighted by Crippen LogP contribution is -1.92. The lowest BCUT2D eigenvalue weighted by atomic mass is 9.88. The molecule has 0 nitrogen and oxygen atoms in total. The van der Waals surface area contributed by atoms with E-state index < -0.39 is 0 Å². The Labute approximate surface area is 145 Å². The zero-order chi connectivity index (χ0) is 16.1. The predicted molar refractivity (Wildman–Crippen MR) is 106 cm³/mol. The fourth-order valence-electron chi connectivity index (χ4n) is 5.20. The second-order valence-corrected chi connectivity index (χ2v) is 7.34. The van der Waals surface area contributed by atoms with Gasteiger partial charge in [0.15, 0.2) is 0 Å². The Hall–Kier alpha value is -3.12. The van der Waals surface area contributed by atoms with Crippen molar-refractivity contribution in [2.75, 3.05) is 0 Å². The molecule has 114 valence electrons. The summed E-state index contributed by atoms with van der Waals surface area (Å²) in [6, 6.07) is 27.2. The van der Waals surface area contributed by atoms with Crippen molar-refractivity contribution in [3.8, 4) is 0 Å². The van der Waals surface area contributed by atoms with Crippen LogP contribution in [0.4, 0.5) is 0 Å². The molecular formula is C25H14. The fraction of sp³-hybridized carbons (Fsp3) is 0.0400. The van der Waals surface area contributed by atoms with Crippen LogP contribution < -0.4 is 0 Å². The van der Waals surface area contributed by atoms with Crippen molar-refractivity contribution in [2.24, 2.45) is 0 Å². The minimum absolute atomic E-state index is 1.06. The van der Waals surface area contributed by atoms with Gasteiger partial charge >= 0.3 is 0 Å². The summed E-state index contributed by atoms with van der Waals surface area (Å²) in [6.45, 7) is 0. The monoisotopic (exact) mass is 314 g/mol. The zero-order valence-electron chi connectivity index (χ0n) is 13.6. The first-order valence-corrected chi connectivity index (χ1v) is 8.93. The maximum absolute atomic E-state index is 2.43. The second-order valence-electron chi connectivity index (χ2n) is 7.34. The molecule has 0 N–H and O–H groups in total. The molecule has 5 aromatic rings. The molecule has 0 amide bonds. The molecule has 2 aliphatic carbocycles. The Kier molecular flexibility index (Phi) is 1.92. The van der Waals surface area contributed by atoms with Gasteiger partial charge in [-0.3, -0.25) is 0 Å². The number of allylic oxidation sites excluding steroid dienone is 1. The third-order valence-electron chi connectivity index (χ3n) is 6.18. The highest BCUT2D eigenvalue weighted by atomic mass is 14.3. The van der Waals surface area contributed by atoms with Gasteiger partial charge in [0.25, 0.3) is 0 Å². The van der Waals surface area contributed by atoms with Crippen LogP contribution in [-0.4, -0.2) is 0 Å². The molecule has 5 aromatic carbocycles. The van der Waals surface area contributed by atoms with E-state index in [1.165, 1.54) is 65.7 Å². The Morgan fingerprint density at radius 3 is 2.28 bits per heavy atom. The van der Waals surface area contributed by atoms with E-state index in [2.05, 4.69) is 72.8 Å². The standard InChI is InChI=1S/C25H14/c1-2-7-18-16(4-1)12-20-19-11-10-15-9-8-14-5-3-6-17-13-21(24(18)20)25(19)23(15)22(14)17/h1-11,13H,12H2. The molecular weight excluding hydrogens is 300 g/mol. The third-order valence-corrected chi connectivity index (χ3v) is 6.18. The first-order valence-electron chi connectivity index (χ1n) is 8.93. The van der Waals surface area contributed by atoms with Gasteiger partial charge in [0.1, 0.15) is 0 Å². The summed E-state index contributed by atoms with van der Waals surface area (Å²) in [5.74, 6) is 0. The van der Waals surface area contributed by atoms with Gasteiger partial charge in [-0.05, 0) is 78.2 Å². The molecule has 7 rings (SSSR count). The quantitative estimate of drug-likeness (QED) is 0.290. The Bertz CT molecular complexity index is 1400. The summed E-state index contributed by atoms with van der Waals surface area (Å²) in [5.41, 5.74) is 8.79. The smallest absolute Gasteiger partial charge is 0.000705 e. The third kappa shape index (κ3) is 1.29. The average Bonchev–Trinajstić information content (AvgIpc) is 3.18. The molecule has 0 radical (unpaired) electrons. The van der Waals surface area contributed by atoms with E-state index in [1.807, 2.05) is 0 Å². The normalized spacial score (nSPS) is 14.9. The molecule has 0 saturated heterocycles. The minimum Gasteiger partial charge on any atom is -0.0619 e. The van der Waals surface area contributed by atoms with Gasteiger partial charge in [-0.25, -0.2) is 0 Å². The molecule has 0 fully saturated rings. The highest BCUT2D eigenvalue weighted by Gasteiger charge is 2.32. The average molecular weight is 314 g/mol. The van der Waals surface area contributed by atoms with E-state index in [0.29, 0.717) is 0 Å². The molecule has 0 bridgehead atoms. The highest BCUT2D eigenvalue weighted by Crippen LogP contribution is 2.53. The van der Waals surface area contributed by atoms with Crippen molar-refractivity contribution in [1.29, 1.82) is 0 Å². The Morgan fingerprint density at radius 2 is 1.32 bits per heavy atom. The van der Waals surface area contributed by atoms with Gasteiger partial charge in [-0.15, -0.1) is 0 Å². The maximum Gasteiger partial charge on any atom is -0.000705 e. The van der Waals surface area contributed by atoms with Gasteiger partial charge in [-0.1, -0.05) is 66.7 Å². The molecule has 0 heterocycles. The van der Waals surface area contributed by atoms with Crippen LogP contribution in [-0.2, 0) is 6.42 Å². The van der Waals surface area contributed by atoms with Crippen LogP contribution in [0.5, 0.6) is 0 Å². The molecule has 0 aliphatic heterocycles. The fourth-order valence-corrected chi connectivity index (χ4v) is 5.20. The van der Waals surface area contributed by atoms with Crippen LogP contribution in [0.15, 0.2) is 72.8 Å². The molecule has 0 aromatic heterocycles. The molecule has 0 saturated carbocycles. The number of hydrogen-bond donors (Lipinski definition) is 0. The van der Waals surface area contributed by atoms with Crippen molar-refractivity contribution < 1.29 is 0 Å². The Balaban J connectivity index is 1.75. The van der Waals surface area contributed by atoms with Gasteiger partial charge < -0.3 is 0 Å². The molecule has 0 unspecified atom stereocenters. The molecule has 25 heavy (non-hydrogen) atoms. The number of rotatable bonds is 0. The van der Waals surface area contributed by atoms with Gasteiger partial charge in [-0.2, -0.15) is 0 Å². The topological polar surface area (TPSA) is 0 Å². The number of benzene rings is 5. The molecule has 0 atom stereocenters. The molecule has 0 spiro atoms. The lowest BCUT2D eigenvalue weighted by Gasteiger charge is -2.15. The van der Waals surface area contributed by atoms with E-state index in [0.717, 1.165) is 6.42 Å². The van der Waals surface area contributed by atoms with Gasteiger partial charge in [0, 0.05) is 0 Å². The second kappa shape index (κ2) is 3.92. The predicted octanol–water partition coefficient (Wildman–Crippen LogP) is 6.41. The summed E-state index contributed by atoms with van der Waals surface area (Å²) in [6.07, 6.45) is 1.06. The van der Waals surface area contributed by atoms with Crippen molar-refractivity contribution >= 4 is 43.5 Å². The molecule has 0 heteroatoms. The van der Waals surface area contributed by atoms with Crippen molar-refractivity contribution in [3.05, 3.63) is 95.1 Å². The Morgan fingerprint density at radius 1 is 0.520 bits per heavy atom. The van der Waals surface area contributed by atoms with Gasteiger partial charge in [0.05, 0.1) is 0 Å². The SMILES string of the molecule is c1ccc2c(c1)CC1=C2c2cc3cccc4ccc5ccc1c2c5c43. The van der Waals surface area contributed by atoms with Crippen LogP contribution in [0.1, 0.15) is 22.3 Å². The van der Waals surface area contributed by atoms with Crippen LogP contribution in [0, 0.1) is 0 Å². The first-order chi connectivity index (χ1) is 12.4. The van der Waals surface area contributed by atoms with Crippen molar-refractivity contribution in [3.63, 3.8) is 0 Å². The van der Waals surface area contributed by atoms with Crippen LogP contribution in [0.2, 0.25) is 0 Å². The van der Waals surface area contributed by atoms with Crippen molar-refractivity contribution in [2.45, 2.75) is 6.42 Å².